The van der Waals surface area contributed by atoms with Gasteiger partial charge in [0.1, 0.15) is 0 Å². The molecule has 0 aliphatic carbocycles. The van der Waals surface area contributed by atoms with E-state index in [1.165, 1.54) is 11.3 Å². The summed E-state index contributed by atoms with van der Waals surface area (Å²) in [4.78, 5) is 11.7. The molecule has 0 atom stereocenters. The minimum absolute atomic E-state index is 0.0156. The first-order chi connectivity index (χ1) is 9.48. The number of rotatable bonds is 6. The first-order valence-corrected chi connectivity index (χ1v) is 8.22. The molecule has 0 unspecified atom stereocenters. The molecule has 1 heterocycles. The maximum Gasteiger partial charge on any atom is 0.322 e. The first kappa shape index (κ1) is 16.7. The van der Waals surface area contributed by atoms with Crippen molar-refractivity contribution in [2.24, 2.45) is 0 Å². The fraction of sp³-hybridized carbons (Fsp3) is 0.417. The van der Waals surface area contributed by atoms with Gasteiger partial charge in [-0.05, 0) is 11.4 Å². The second kappa shape index (κ2) is 8.01. The van der Waals surface area contributed by atoms with Gasteiger partial charge < -0.3 is 9.84 Å². The van der Waals surface area contributed by atoms with Crippen LogP contribution in [0.15, 0.2) is 11.4 Å². The molecule has 6 nitrogen and oxygen atoms in total. The Bertz CT molecular complexity index is 609. The number of sulfonamides is 1. The summed E-state index contributed by atoms with van der Waals surface area (Å²) in [6, 6.07) is 1.78. The Hall–Kier alpha value is -1.40. The van der Waals surface area contributed by atoms with E-state index in [4.69, 9.17) is 5.11 Å². The largest absolute Gasteiger partial charge is 0.468 e. The van der Waals surface area contributed by atoms with Gasteiger partial charge in [-0.3, -0.25) is 4.79 Å². The van der Waals surface area contributed by atoms with Crippen molar-refractivity contribution < 1.29 is 23.1 Å². The van der Waals surface area contributed by atoms with E-state index in [1.807, 2.05) is 0 Å². The zero-order valence-electron chi connectivity index (χ0n) is 10.9. The number of aliphatic hydroxyl groups is 1. The number of hydrogen-bond acceptors (Lipinski definition) is 6. The minimum atomic E-state index is -3.72. The van der Waals surface area contributed by atoms with E-state index in [0.29, 0.717) is 12.0 Å². The molecule has 2 N–H and O–H groups in total. The second-order valence-corrected chi connectivity index (χ2v) is 6.50. The van der Waals surface area contributed by atoms with Gasteiger partial charge in [-0.1, -0.05) is 11.8 Å². The minimum Gasteiger partial charge on any atom is -0.468 e. The van der Waals surface area contributed by atoms with Crippen LogP contribution >= 0.6 is 11.3 Å². The average Bonchev–Trinajstić information content (AvgIpc) is 2.84. The lowest BCUT2D eigenvalue weighted by Crippen LogP contribution is -2.30. The van der Waals surface area contributed by atoms with Crippen molar-refractivity contribution >= 4 is 27.3 Å². The lowest BCUT2D eigenvalue weighted by molar-refractivity contribution is -0.137. The standard InChI is InChI=1S/C12H15NO5S2/c1-18-12(15)9-20(16,17)13-8-11-10(5-7-19-11)4-2-3-6-14/h5,7,13-14H,3,6,8-9H2,1H3. The molecule has 8 heteroatoms. The highest BCUT2D eigenvalue weighted by Gasteiger charge is 2.17. The van der Waals surface area contributed by atoms with E-state index in [1.54, 1.807) is 11.4 Å². The number of esters is 1. The molecule has 0 aliphatic rings. The van der Waals surface area contributed by atoms with Gasteiger partial charge in [-0.25, -0.2) is 13.1 Å². The third kappa shape index (κ3) is 5.71. The predicted molar refractivity (Wildman–Crippen MR) is 75.5 cm³/mol. The lowest BCUT2D eigenvalue weighted by Gasteiger charge is -2.04. The maximum absolute atomic E-state index is 11.6. The summed E-state index contributed by atoms with van der Waals surface area (Å²) in [5, 5.41) is 10.4. The molecule has 1 rings (SSSR count). The summed E-state index contributed by atoms with van der Waals surface area (Å²) in [7, 11) is -2.59. The Morgan fingerprint density at radius 1 is 1.55 bits per heavy atom. The predicted octanol–water partition coefficient (Wildman–Crippen LogP) is 0.0744. The van der Waals surface area contributed by atoms with E-state index in [2.05, 4.69) is 21.3 Å². The van der Waals surface area contributed by atoms with Crippen LogP contribution in [-0.2, 0) is 26.1 Å². The zero-order chi connectivity index (χ0) is 15.0. The molecule has 0 saturated heterocycles. The van der Waals surface area contributed by atoms with Crippen LogP contribution in [-0.4, -0.2) is 39.0 Å². The van der Waals surface area contributed by atoms with Crippen LogP contribution in [0.3, 0.4) is 0 Å². The fourth-order valence-corrected chi connectivity index (χ4v) is 3.00. The molecule has 20 heavy (non-hydrogen) atoms. The molecular formula is C12H15NO5S2. The van der Waals surface area contributed by atoms with E-state index in [-0.39, 0.29) is 13.2 Å². The summed E-state index contributed by atoms with van der Waals surface area (Å²) in [5.41, 5.74) is 0.712. The van der Waals surface area contributed by atoms with E-state index in [9.17, 15) is 13.2 Å². The van der Waals surface area contributed by atoms with Gasteiger partial charge in [0.15, 0.2) is 5.75 Å². The first-order valence-electron chi connectivity index (χ1n) is 5.68. The molecular weight excluding hydrogens is 302 g/mol. The number of carbonyl (C=O) groups excluding carboxylic acids is 1. The van der Waals surface area contributed by atoms with Gasteiger partial charge in [0.05, 0.1) is 13.7 Å². The van der Waals surface area contributed by atoms with Crippen molar-refractivity contribution in [3.8, 4) is 11.8 Å². The van der Waals surface area contributed by atoms with E-state index >= 15 is 0 Å². The van der Waals surface area contributed by atoms with Gasteiger partial charge in [0.2, 0.25) is 10.0 Å². The third-order valence-corrected chi connectivity index (χ3v) is 4.31. The highest BCUT2D eigenvalue weighted by atomic mass is 32.2. The Balaban J connectivity index is 2.65. The summed E-state index contributed by atoms with van der Waals surface area (Å²) in [5.74, 6) is 4.11. The summed E-state index contributed by atoms with van der Waals surface area (Å²) in [6.07, 6.45) is 0.364. The molecule has 0 amide bonds. The van der Waals surface area contributed by atoms with Crippen LogP contribution in [0.2, 0.25) is 0 Å². The van der Waals surface area contributed by atoms with Crippen molar-refractivity contribution in [3.05, 3.63) is 21.9 Å². The number of hydrogen-bond donors (Lipinski definition) is 2. The SMILES string of the molecule is COC(=O)CS(=O)(=O)NCc1sccc1C#CCCO. The van der Waals surface area contributed by atoms with Gasteiger partial charge in [-0.15, -0.1) is 11.3 Å². The molecule has 110 valence electrons. The number of methoxy groups -OCH3 is 1. The average molecular weight is 317 g/mol. The van der Waals surface area contributed by atoms with Gasteiger partial charge >= 0.3 is 5.97 Å². The molecule has 0 aromatic carbocycles. The topological polar surface area (TPSA) is 92.7 Å². The smallest absolute Gasteiger partial charge is 0.322 e. The number of aliphatic hydroxyl groups excluding tert-OH is 1. The van der Waals surface area contributed by atoms with Crippen LogP contribution in [0, 0.1) is 11.8 Å². The van der Waals surface area contributed by atoms with Crippen molar-refractivity contribution in [2.45, 2.75) is 13.0 Å². The summed E-state index contributed by atoms with van der Waals surface area (Å²) in [6.45, 7) is 0.0539. The Morgan fingerprint density at radius 3 is 2.95 bits per heavy atom. The van der Waals surface area contributed by atoms with Gasteiger partial charge in [0.25, 0.3) is 0 Å². The molecule has 0 fully saturated rings. The Morgan fingerprint density at radius 2 is 2.30 bits per heavy atom. The highest BCUT2D eigenvalue weighted by molar-refractivity contribution is 7.90. The normalized spacial score (nSPS) is 10.7. The molecule has 0 saturated carbocycles. The Kier molecular flexibility index (Phi) is 6.67. The van der Waals surface area contributed by atoms with Crippen molar-refractivity contribution in [3.63, 3.8) is 0 Å². The highest BCUT2D eigenvalue weighted by Crippen LogP contribution is 2.15. The molecule has 1 aromatic heterocycles. The molecule has 1 aromatic rings. The van der Waals surface area contributed by atoms with Crippen LogP contribution in [0.4, 0.5) is 0 Å². The maximum atomic E-state index is 11.6. The van der Waals surface area contributed by atoms with Crippen molar-refractivity contribution in [1.82, 2.24) is 4.72 Å². The Labute approximate surface area is 121 Å². The third-order valence-electron chi connectivity index (χ3n) is 2.19. The number of nitrogens with one attached hydrogen (secondary N) is 1. The summed E-state index contributed by atoms with van der Waals surface area (Å²) < 4.78 is 29.8. The number of thiophene rings is 1. The molecule has 0 radical (unpaired) electrons. The fourth-order valence-electron chi connectivity index (χ4n) is 1.24. The van der Waals surface area contributed by atoms with Crippen molar-refractivity contribution in [2.75, 3.05) is 19.5 Å². The lowest BCUT2D eigenvalue weighted by atomic mass is 10.2. The zero-order valence-corrected chi connectivity index (χ0v) is 12.5. The number of ether oxygens (including phenoxy) is 1. The van der Waals surface area contributed by atoms with Crippen LogP contribution in [0.1, 0.15) is 16.9 Å². The van der Waals surface area contributed by atoms with Crippen LogP contribution in [0.25, 0.3) is 0 Å². The van der Waals surface area contributed by atoms with Crippen molar-refractivity contribution in [1.29, 1.82) is 0 Å². The second-order valence-electron chi connectivity index (χ2n) is 3.69. The monoisotopic (exact) mass is 317 g/mol. The van der Waals surface area contributed by atoms with E-state index < -0.39 is 21.7 Å². The molecule has 0 aliphatic heterocycles. The molecule has 0 spiro atoms. The molecule has 0 bridgehead atoms. The number of carbonyl (C=O) groups is 1. The van der Waals surface area contributed by atoms with Gasteiger partial charge in [-0.2, -0.15) is 0 Å². The van der Waals surface area contributed by atoms with Crippen LogP contribution < -0.4 is 4.72 Å². The summed E-state index contributed by atoms with van der Waals surface area (Å²) >= 11 is 1.36. The quantitative estimate of drug-likeness (QED) is 0.572. The van der Waals surface area contributed by atoms with Crippen LogP contribution in [0.5, 0.6) is 0 Å². The van der Waals surface area contributed by atoms with E-state index in [0.717, 1.165) is 12.0 Å². The van der Waals surface area contributed by atoms with Gasteiger partial charge in [0, 0.05) is 23.4 Å².